The van der Waals surface area contributed by atoms with E-state index in [1.54, 1.807) is 0 Å². The van der Waals surface area contributed by atoms with Gasteiger partial charge >= 0.3 is 0 Å². The number of phenols is 3. The van der Waals surface area contributed by atoms with Crippen LogP contribution in [0.5, 0.6) is 34.5 Å². The fraction of sp³-hybridized carbons (Fsp3) is 0.588. The molecular weight excluding hydrogens is 744 g/mol. The van der Waals surface area contributed by atoms with Crippen molar-refractivity contribution in [1.29, 1.82) is 0 Å². The molecule has 16 atom stereocenters. The summed E-state index contributed by atoms with van der Waals surface area (Å²) in [7, 11) is 1.21. The van der Waals surface area contributed by atoms with E-state index in [2.05, 4.69) is 0 Å². The maximum Gasteiger partial charge on any atom is 0.229 e. The van der Waals surface area contributed by atoms with Crippen LogP contribution >= 0.6 is 0 Å². The highest BCUT2D eigenvalue weighted by Crippen LogP contribution is 2.48. The van der Waals surface area contributed by atoms with Crippen molar-refractivity contribution in [1.82, 2.24) is 0 Å². The van der Waals surface area contributed by atoms with Crippen molar-refractivity contribution < 1.29 is 104 Å². The largest absolute Gasteiger partial charge is 0.508 e. The van der Waals surface area contributed by atoms with Gasteiger partial charge in [-0.2, -0.15) is 0 Å². The number of aromatic hydroxyl groups is 3. The van der Waals surface area contributed by atoms with E-state index in [1.807, 2.05) is 0 Å². The van der Waals surface area contributed by atoms with E-state index in [0.717, 1.165) is 18.2 Å². The average molecular weight is 789 g/mol. The summed E-state index contributed by atoms with van der Waals surface area (Å²) in [6, 6.07) is 4.59. The third-order valence-electron chi connectivity index (χ3n) is 9.72. The minimum atomic E-state index is -1.95. The van der Waals surface area contributed by atoms with Crippen molar-refractivity contribution in [2.24, 2.45) is 0 Å². The van der Waals surface area contributed by atoms with Crippen LogP contribution in [0.4, 0.5) is 0 Å². The van der Waals surface area contributed by atoms with E-state index >= 15 is 0 Å². The first-order valence-corrected chi connectivity index (χ1v) is 17.0. The minimum Gasteiger partial charge on any atom is -0.508 e. The second-order valence-electron chi connectivity index (χ2n) is 13.5. The van der Waals surface area contributed by atoms with E-state index in [1.165, 1.54) is 26.2 Å². The summed E-state index contributed by atoms with van der Waals surface area (Å²) in [4.78, 5) is 0. The lowest BCUT2D eigenvalue weighted by Gasteiger charge is -2.43. The smallest absolute Gasteiger partial charge is 0.229 e. The number of hydrogen-bond donors (Lipinski definition) is 13. The lowest BCUT2D eigenvalue weighted by Crippen LogP contribution is -2.61. The molecular formula is C34H44O21. The Morgan fingerprint density at radius 3 is 1.89 bits per heavy atom. The Labute approximate surface area is 311 Å². The van der Waals surface area contributed by atoms with Crippen molar-refractivity contribution in [3.05, 3.63) is 41.2 Å². The van der Waals surface area contributed by atoms with Crippen LogP contribution in [-0.2, 0) is 23.7 Å². The zero-order chi connectivity index (χ0) is 40.0. The standard InChI is InChI=1S/C34H44O21/c1-10-21(38)25(42)28(45)32(50-10)49-9-20-24(41)27(44)30(47)34(55-20)53-18-7-13-15(51-31(18)11-3-14(37)22(39)17(4-11)48-2)5-12(36)6-16(13)52-33-29(46)26(43)23(40)19(8-35)54-33/h3-7,10,19-21,23-47H,8-9H2,1-2H3. The van der Waals surface area contributed by atoms with E-state index in [-0.39, 0.29) is 34.1 Å². The molecule has 4 aliphatic rings. The molecule has 0 aromatic heterocycles. The molecule has 13 N–H and O–H groups in total. The highest BCUT2D eigenvalue weighted by atomic mass is 16.7. The normalized spacial score (nSPS) is 39.0. The minimum absolute atomic E-state index is 0.0139. The number of ether oxygens (including phenoxy) is 8. The molecule has 2 aromatic carbocycles. The third kappa shape index (κ3) is 7.95. The SMILES string of the molecule is COc1cc(C2Oc3cc(O)cc(OC4OC(CO)C(O)C(O)C4O)c3C=C2OC2OC(COC3OC(C)C(O)C(O)C3O)C(O)C(O)C2O)cc(O)c1O. The highest BCUT2D eigenvalue weighted by molar-refractivity contribution is 5.70. The molecule has 55 heavy (non-hydrogen) atoms. The predicted molar refractivity (Wildman–Crippen MR) is 176 cm³/mol. The lowest BCUT2D eigenvalue weighted by atomic mass is 9.98. The van der Waals surface area contributed by atoms with Crippen LogP contribution in [0.2, 0.25) is 0 Å². The Kier molecular flexibility index (Phi) is 12.2. The molecule has 21 heteroatoms. The summed E-state index contributed by atoms with van der Waals surface area (Å²) >= 11 is 0. The van der Waals surface area contributed by atoms with Gasteiger partial charge in [0.25, 0.3) is 0 Å². The number of methoxy groups -OCH3 is 1. The van der Waals surface area contributed by atoms with Gasteiger partial charge in [-0.05, 0) is 25.1 Å². The van der Waals surface area contributed by atoms with E-state index in [4.69, 9.17) is 37.9 Å². The van der Waals surface area contributed by atoms with Crippen molar-refractivity contribution in [2.45, 2.75) is 105 Å². The fourth-order valence-corrected chi connectivity index (χ4v) is 6.49. The Morgan fingerprint density at radius 2 is 1.24 bits per heavy atom. The van der Waals surface area contributed by atoms with Gasteiger partial charge in [-0.1, -0.05) is 0 Å². The lowest BCUT2D eigenvalue weighted by molar-refractivity contribution is -0.324. The molecule has 0 saturated carbocycles. The second-order valence-corrected chi connectivity index (χ2v) is 13.5. The van der Waals surface area contributed by atoms with E-state index < -0.39 is 129 Å². The maximum atomic E-state index is 11.0. The van der Waals surface area contributed by atoms with Gasteiger partial charge in [-0.25, -0.2) is 0 Å². The van der Waals surface area contributed by atoms with Crippen LogP contribution in [0.1, 0.15) is 24.2 Å². The average Bonchev–Trinajstić information content (AvgIpc) is 3.16. The molecule has 2 aromatic rings. The molecule has 21 nitrogen and oxygen atoms in total. The summed E-state index contributed by atoms with van der Waals surface area (Å²) < 4.78 is 45.5. The molecule has 0 spiro atoms. The maximum absolute atomic E-state index is 11.0. The van der Waals surface area contributed by atoms with Gasteiger partial charge in [0.1, 0.15) is 90.2 Å². The van der Waals surface area contributed by atoms with Crippen LogP contribution in [0.15, 0.2) is 30.0 Å². The molecule has 4 heterocycles. The molecule has 16 unspecified atom stereocenters. The number of phenolic OH excluding ortho intramolecular Hbond substituents is 3. The van der Waals surface area contributed by atoms with Crippen LogP contribution in [0, 0.1) is 0 Å². The van der Waals surface area contributed by atoms with E-state index in [9.17, 15) is 66.4 Å². The quantitative estimate of drug-likeness (QED) is 0.102. The van der Waals surface area contributed by atoms with Gasteiger partial charge < -0.3 is 104 Å². The van der Waals surface area contributed by atoms with Crippen molar-refractivity contribution >= 4 is 6.08 Å². The Hall–Kier alpha value is -3.78. The van der Waals surface area contributed by atoms with Gasteiger partial charge in [0.05, 0.1) is 32.0 Å². The molecule has 0 aliphatic carbocycles. The van der Waals surface area contributed by atoms with Gasteiger partial charge in [0.15, 0.2) is 23.9 Å². The molecule has 0 radical (unpaired) electrons. The molecule has 0 bridgehead atoms. The van der Waals surface area contributed by atoms with Gasteiger partial charge in [-0.3, -0.25) is 0 Å². The topological polar surface area (TPSA) is 337 Å². The summed E-state index contributed by atoms with van der Waals surface area (Å²) in [6.07, 6.45) is -24.8. The van der Waals surface area contributed by atoms with E-state index in [0.29, 0.717) is 0 Å². The van der Waals surface area contributed by atoms with Crippen molar-refractivity contribution in [2.75, 3.05) is 20.3 Å². The number of rotatable bonds is 10. The monoisotopic (exact) mass is 788 g/mol. The summed E-state index contributed by atoms with van der Waals surface area (Å²) in [5.41, 5.74) is 0.0490. The Bertz CT molecular complexity index is 1690. The van der Waals surface area contributed by atoms with Crippen LogP contribution in [0.25, 0.3) is 6.08 Å². The number of fused-ring (bicyclic) bond motifs is 1. The summed E-state index contributed by atoms with van der Waals surface area (Å²) in [5, 5.41) is 135. The molecule has 306 valence electrons. The van der Waals surface area contributed by atoms with Crippen LogP contribution < -0.4 is 14.2 Å². The highest BCUT2D eigenvalue weighted by Gasteiger charge is 2.49. The molecule has 3 fully saturated rings. The second kappa shape index (κ2) is 16.4. The first-order chi connectivity index (χ1) is 26.0. The summed E-state index contributed by atoms with van der Waals surface area (Å²) in [5.74, 6) is -2.52. The molecule has 0 amide bonds. The van der Waals surface area contributed by atoms with Gasteiger partial charge in [0, 0.05) is 17.7 Å². The number of hydrogen-bond acceptors (Lipinski definition) is 21. The molecule has 3 saturated heterocycles. The molecule has 4 aliphatic heterocycles. The fourth-order valence-electron chi connectivity index (χ4n) is 6.49. The Balaban J connectivity index is 1.33. The zero-order valence-corrected chi connectivity index (χ0v) is 29.1. The predicted octanol–water partition coefficient (Wildman–Crippen LogP) is -3.87. The third-order valence-corrected chi connectivity index (χ3v) is 9.72. The van der Waals surface area contributed by atoms with Gasteiger partial charge in [0.2, 0.25) is 18.3 Å². The van der Waals surface area contributed by atoms with Crippen molar-refractivity contribution in [3.8, 4) is 34.5 Å². The van der Waals surface area contributed by atoms with Gasteiger partial charge in [-0.15, -0.1) is 0 Å². The van der Waals surface area contributed by atoms with Crippen molar-refractivity contribution in [3.63, 3.8) is 0 Å². The number of benzene rings is 2. The summed E-state index contributed by atoms with van der Waals surface area (Å²) in [6.45, 7) is 0.0539. The number of aliphatic hydroxyl groups is 10. The van der Waals surface area contributed by atoms with Crippen LogP contribution in [-0.4, -0.2) is 179 Å². The Morgan fingerprint density at radius 1 is 0.636 bits per heavy atom. The zero-order valence-electron chi connectivity index (χ0n) is 29.1. The first-order valence-electron chi connectivity index (χ1n) is 17.0. The number of aliphatic hydroxyl groups excluding tert-OH is 10. The first kappa shape index (κ1) is 40.9. The van der Waals surface area contributed by atoms with Crippen LogP contribution in [0.3, 0.4) is 0 Å². The molecule has 6 rings (SSSR count).